The van der Waals surface area contributed by atoms with Crippen LogP contribution in [-0.2, 0) is 9.47 Å². The first-order valence-corrected chi connectivity index (χ1v) is 8.96. The van der Waals surface area contributed by atoms with Gasteiger partial charge in [0.05, 0.1) is 13.2 Å². The number of halogens is 1. The lowest BCUT2D eigenvalue weighted by atomic mass is 10.0. The highest BCUT2D eigenvalue weighted by Gasteiger charge is 2.20. The van der Waals surface area contributed by atoms with Crippen LogP contribution >= 0.6 is 0 Å². The fraction of sp³-hybridized carbons (Fsp3) is 0.304. The van der Waals surface area contributed by atoms with Crippen molar-refractivity contribution in [2.24, 2.45) is 5.92 Å². The zero-order chi connectivity index (χ0) is 18.2. The summed E-state index contributed by atoms with van der Waals surface area (Å²) < 4.78 is 24.4. The van der Waals surface area contributed by atoms with E-state index < -0.39 is 6.29 Å². The van der Waals surface area contributed by atoms with Crippen LogP contribution in [0.25, 0.3) is 11.1 Å². The monoisotopic (exact) mass is 350 g/mol. The van der Waals surface area contributed by atoms with Crippen molar-refractivity contribution in [1.29, 1.82) is 0 Å². The minimum atomic E-state index is -0.456. The predicted octanol–water partition coefficient (Wildman–Crippen LogP) is 5.19. The van der Waals surface area contributed by atoms with Crippen LogP contribution in [-0.4, -0.2) is 19.5 Å². The van der Waals surface area contributed by atoms with Gasteiger partial charge in [-0.1, -0.05) is 36.3 Å². The molecule has 0 aromatic heterocycles. The van der Waals surface area contributed by atoms with Crippen LogP contribution in [0.5, 0.6) is 0 Å². The Kier molecular flexibility index (Phi) is 6.60. The fourth-order valence-corrected chi connectivity index (χ4v) is 2.87. The van der Waals surface area contributed by atoms with Crippen molar-refractivity contribution in [3.63, 3.8) is 0 Å². The highest BCUT2D eigenvalue weighted by molar-refractivity contribution is 5.64. The van der Waals surface area contributed by atoms with Crippen LogP contribution in [0.1, 0.15) is 24.8 Å². The molecule has 1 aliphatic heterocycles. The number of hydrogen-bond acceptors (Lipinski definition) is 2. The van der Waals surface area contributed by atoms with Crippen molar-refractivity contribution in [3.05, 3.63) is 72.6 Å². The van der Waals surface area contributed by atoms with Gasteiger partial charge in [-0.25, -0.2) is 4.39 Å². The number of unbranched alkanes of at least 4 members (excludes halogenated alkanes) is 1. The molecule has 26 heavy (non-hydrogen) atoms. The molecule has 0 saturated carbocycles. The van der Waals surface area contributed by atoms with Crippen molar-refractivity contribution >= 4 is 0 Å². The van der Waals surface area contributed by atoms with Gasteiger partial charge in [-0.05, 0) is 60.6 Å². The van der Waals surface area contributed by atoms with Crippen LogP contribution in [0.15, 0.2) is 61.2 Å². The van der Waals surface area contributed by atoms with E-state index in [0.29, 0.717) is 19.1 Å². The van der Waals surface area contributed by atoms with E-state index in [1.54, 1.807) is 12.1 Å². The molecule has 1 fully saturated rings. The van der Waals surface area contributed by atoms with Crippen LogP contribution in [0.2, 0.25) is 0 Å². The summed E-state index contributed by atoms with van der Waals surface area (Å²) in [6.07, 6.45) is 4.74. The van der Waals surface area contributed by atoms with E-state index >= 15 is 0 Å². The Balaban J connectivity index is 1.52. The summed E-state index contributed by atoms with van der Waals surface area (Å²) in [5, 5.41) is 0. The van der Waals surface area contributed by atoms with Crippen molar-refractivity contribution in [2.75, 3.05) is 13.2 Å². The maximum Gasteiger partial charge on any atom is 0.222 e. The van der Waals surface area contributed by atoms with Crippen LogP contribution in [0.3, 0.4) is 0 Å². The minimum absolute atomic E-state index is 0.230. The Morgan fingerprint density at radius 1 is 1.00 bits per heavy atom. The smallest absolute Gasteiger partial charge is 0.222 e. The van der Waals surface area contributed by atoms with E-state index in [0.717, 1.165) is 36.0 Å². The van der Waals surface area contributed by atoms with E-state index in [2.05, 4.69) is 18.4 Å². The molecule has 3 heteroatoms. The quantitative estimate of drug-likeness (QED) is 0.420. The molecule has 0 aliphatic carbocycles. The van der Waals surface area contributed by atoms with Gasteiger partial charge in [-0.15, -0.1) is 6.58 Å². The van der Waals surface area contributed by atoms with Gasteiger partial charge in [0.2, 0.25) is 6.29 Å². The van der Waals surface area contributed by atoms with Crippen molar-refractivity contribution in [1.82, 2.24) is 0 Å². The zero-order valence-electron chi connectivity index (χ0n) is 14.8. The average molecular weight is 350 g/mol. The average Bonchev–Trinajstić information content (AvgIpc) is 2.69. The fourth-order valence-electron chi connectivity index (χ4n) is 2.87. The molecule has 1 aliphatic rings. The number of rotatable bonds is 5. The first-order valence-electron chi connectivity index (χ1n) is 8.96. The number of benzene rings is 2. The standard InChI is InChI=1S/C23H23FO2/c1-2-3-4-5-19-16-25-23(26-17-19)15-8-18-6-9-20(10-7-18)21-11-13-22(24)14-12-21/h2,6-7,9-14,19,23H,1,3-5,16-17H2. The van der Waals surface area contributed by atoms with Crippen LogP contribution < -0.4 is 0 Å². The third kappa shape index (κ3) is 5.29. The van der Waals surface area contributed by atoms with Crippen LogP contribution in [0.4, 0.5) is 4.39 Å². The van der Waals surface area contributed by atoms with Crippen molar-refractivity contribution < 1.29 is 13.9 Å². The zero-order valence-corrected chi connectivity index (χ0v) is 14.8. The maximum absolute atomic E-state index is 13.0. The number of allylic oxidation sites excluding steroid dienone is 1. The molecule has 2 nitrogen and oxygen atoms in total. The highest BCUT2D eigenvalue weighted by Crippen LogP contribution is 2.20. The molecule has 0 amide bonds. The maximum atomic E-state index is 13.0. The van der Waals surface area contributed by atoms with E-state index in [1.165, 1.54) is 12.1 Å². The molecular formula is C23H23FO2. The van der Waals surface area contributed by atoms with E-state index in [-0.39, 0.29) is 5.82 Å². The van der Waals surface area contributed by atoms with E-state index in [4.69, 9.17) is 9.47 Å². The lowest BCUT2D eigenvalue weighted by molar-refractivity contribution is -0.170. The van der Waals surface area contributed by atoms with Gasteiger partial charge in [0.25, 0.3) is 0 Å². The highest BCUT2D eigenvalue weighted by atomic mass is 19.1. The lowest BCUT2D eigenvalue weighted by Gasteiger charge is -2.26. The van der Waals surface area contributed by atoms with Gasteiger partial charge in [0, 0.05) is 11.5 Å². The van der Waals surface area contributed by atoms with Gasteiger partial charge in [-0.2, -0.15) is 0 Å². The molecule has 0 N–H and O–H groups in total. The number of hydrogen-bond donors (Lipinski definition) is 0. The summed E-state index contributed by atoms with van der Waals surface area (Å²) in [7, 11) is 0. The topological polar surface area (TPSA) is 18.5 Å². The van der Waals surface area contributed by atoms with Gasteiger partial charge >= 0.3 is 0 Å². The molecule has 0 radical (unpaired) electrons. The summed E-state index contributed by atoms with van der Waals surface area (Å²) in [4.78, 5) is 0. The second-order valence-corrected chi connectivity index (χ2v) is 6.44. The normalized spacial score (nSPS) is 19.4. The second kappa shape index (κ2) is 9.33. The largest absolute Gasteiger partial charge is 0.342 e. The summed E-state index contributed by atoms with van der Waals surface area (Å²) in [6, 6.07) is 14.3. The van der Waals surface area contributed by atoms with Gasteiger partial charge in [0.1, 0.15) is 5.82 Å². The summed E-state index contributed by atoms with van der Waals surface area (Å²) in [5.41, 5.74) is 2.91. The Morgan fingerprint density at radius 3 is 2.23 bits per heavy atom. The number of ether oxygens (including phenoxy) is 2. The Morgan fingerprint density at radius 2 is 1.62 bits per heavy atom. The second-order valence-electron chi connectivity index (χ2n) is 6.44. The van der Waals surface area contributed by atoms with E-state index in [1.807, 2.05) is 30.3 Å². The summed E-state index contributed by atoms with van der Waals surface area (Å²) in [6.45, 7) is 5.13. The van der Waals surface area contributed by atoms with E-state index in [9.17, 15) is 4.39 Å². The molecule has 0 bridgehead atoms. The van der Waals surface area contributed by atoms with Gasteiger partial charge in [-0.3, -0.25) is 0 Å². The summed E-state index contributed by atoms with van der Waals surface area (Å²) in [5.74, 6) is 6.35. The van der Waals surface area contributed by atoms with Gasteiger partial charge in [0.15, 0.2) is 0 Å². The Hall–Kier alpha value is -2.41. The van der Waals surface area contributed by atoms with Crippen molar-refractivity contribution in [2.45, 2.75) is 25.6 Å². The molecule has 2 aromatic rings. The third-order valence-electron chi connectivity index (χ3n) is 4.38. The first-order chi connectivity index (χ1) is 12.7. The first kappa shape index (κ1) is 18.4. The lowest BCUT2D eigenvalue weighted by Crippen LogP contribution is -2.31. The minimum Gasteiger partial charge on any atom is -0.342 e. The van der Waals surface area contributed by atoms with Gasteiger partial charge < -0.3 is 9.47 Å². The molecular weight excluding hydrogens is 327 g/mol. The molecule has 134 valence electrons. The SMILES string of the molecule is C=CCCCC1COC(C#Cc2ccc(-c3ccc(F)cc3)cc2)OC1. The summed E-state index contributed by atoms with van der Waals surface area (Å²) >= 11 is 0. The molecule has 3 rings (SSSR count). The Labute approximate surface area is 154 Å². The molecule has 1 heterocycles. The molecule has 1 saturated heterocycles. The van der Waals surface area contributed by atoms with Crippen LogP contribution in [0, 0.1) is 23.6 Å². The molecule has 0 spiro atoms. The molecule has 0 unspecified atom stereocenters. The predicted molar refractivity (Wildman–Crippen MR) is 102 cm³/mol. The molecule has 2 aromatic carbocycles. The Bertz CT molecular complexity index is 761. The van der Waals surface area contributed by atoms with Crippen molar-refractivity contribution in [3.8, 4) is 23.0 Å². The third-order valence-corrected chi connectivity index (χ3v) is 4.38. The molecule has 0 atom stereocenters.